The van der Waals surface area contributed by atoms with Crippen LogP contribution in [0.25, 0.3) is 0 Å². The van der Waals surface area contributed by atoms with Crippen molar-refractivity contribution in [2.75, 3.05) is 5.75 Å². The van der Waals surface area contributed by atoms with E-state index in [0.29, 0.717) is 22.1 Å². The number of nitrogens with one attached hydrogen (secondary N) is 1. The molecule has 0 heterocycles. The molecule has 0 aliphatic rings. The zero-order valence-corrected chi connectivity index (χ0v) is 15.0. The summed E-state index contributed by atoms with van der Waals surface area (Å²) in [6.07, 6.45) is 0. The fraction of sp³-hybridized carbons (Fsp3) is 0.176. The summed E-state index contributed by atoms with van der Waals surface area (Å²) < 4.78 is 0. The van der Waals surface area contributed by atoms with Crippen molar-refractivity contribution < 1.29 is 9.72 Å². The first kappa shape index (κ1) is 19.0. The van der Waals surface area contributed by atoms with Gasteiger partial charge in [0.2, 0.25) is 5.91 Å². The van der Waals surface area contributed by atoms with Crippen LogP contribution in [0.3, 0.4) is 0 Å². The third-order valence-electron chi connectivity index (χ3n) is 3.29. The molecule has 0 fully saturated rings. The van der Waals surface area contributed by atoms with Crippen molar-refractivity contribution in [1.82, 2.24) is 5.43 Å². The minimum atomic E-state index is -0.464. The number of hydrazone groups is 1. The highest BCUT2D eigenvalue weighted by Crippen LogP contribution is 2.20. The number of nitro benzene ring substituents is 1. The topological polar surface area (TPSA) is 84.6 Å². The number of non-ortho nitro benzene ring substituents is 1. The fourth-order valence-corrected chi connectivity index (χ4v) is 3.04. The summed E-state index contributed by atoms with van der Waals surface area (Å²) in [7, 11) is 0. The predicted molar refractivity (Wildman–Crippen MR) is 101 cm³/mol. The van der Waals surface area contributed by atoms with Crippen LogP contribution in [0, 0.1) is 10.1 Å². The summed E-state index contributed by atoms with van der Waals surface area (Å²) in [4.78, 5) is 22.0. The van der Waals surface area contributed by atoms with Gasteiger partial charge in [0.05, 0.1) is 16.4 Å². The number of hydrogen-bond acceptors (Lipinski definition) is 5. The second-order valence-electron chi connectivity index (χ2n) is 5.12. The summed E-state index contributed by atoms with van der Waals surface area (Å²) in [5.74, 6) is 0.666. The molecule has 0 unspecified atom stereocenters. The number of amides is 1. The quantitative estimate of drug-likeness (QED) is 0.448. The predicted octanol–water partition coefficient (Wildman–Crippen LogP) is 4.02. The molecule has 25 heavy (non-hydrogen) atoms. The third-order valence-corrected chi connectivity index (χ3v) is 4.64. The molecule has 1 N–H and O–H groups in total. The summed E-state index contributed by atoms with van der Waals surface area (Å²) in [6.45, 7) is 1.72. The SMILES string of the molecule is CC(=NNC(=O)CSCc1ccccc1Cl)c1ccc([N+](=O)[O-])cc1. The van der Waals surface area contributed by atoms with Crippen molar-refractivity contribution in [3.8, 4) is 0 Å². The normalized spacial score (nSPS) is 11.2. The molecule has 2 aromatic carbocycles. The number of halogens is 1. The van der Waals surface area contributed by atoms with Gasteiger partial charge in [0.25, 0.3) is 5.69 Å². The summed E-state index contributed by atoms with van der Waals surface area (Å²) in [6, 6.07) is 13.5. The van der Waals surface area contributed by atoms with E-state index in [4.69, 9.17) is 11.6 Å². The van der Waals surface area contributed by atoms with E-state index >= 15 is 0 Å². The summed E-state index contributed by atoms with van der Waals surface area (Å²) in [5.41, 5.74) is 4.74. The summed E-state index contributed by atoms with van der Waals surface area (Å²) in [5, 5.41) is 15.3. The molecule has 130 valence electrons. The van der Waals surface area contributed by atoms with Gasteiger partial charge >= 0.3 is 0 Å². The summed E-state index contributed by atoms with van der Waals surface area (Å²) >= 11 is 7.50. The molecule has 1 amide bonds. The van der Waals surface area contributed by atoms with Crippen LogP contribution in [0.5, 0.6) is 0 Å². The molecule has 0 bridgehead atoms. The van der Waals surface area contributed by atoms with Crippen molar-refractivity contribution in [3.63, 3.8) is 0 Å². The Bertz CT molecular complexity index is 794. The molecular formula is C17H16ClN3O3S. The van der Waals surface area contributed by atoms with Gasteiger partial charge in [0.15, 0.2) is 0 Å². The third kappa shape index (κ3) is 5.88. The van der Waals surface area contributed by atoms with Crippen LogP contribution in [-0.2, 0) is 10.5 Å². The van der Waals surface area contributed by atoms with Gasteiger partial charge in [-0.25, -0.2) is 5.43 Å². The maximum Gasteiger partial charge on any atom is 0.269 e. The highest BCUT2D eigenvalue weighted by Gasteiger charge is 2.07. The Kier molecular flexibility index (Phi) is 6.97. The van der Waals surface area contributed by atoms with Crippen LogP contribution in [-0.4, -0.2) is 22.3 Å². The number of carbonyl (C=O) groups is 1. The van der Waals surface area contributed by atoms with E-state index in [2.05, 4.69) is 10.5 Å². The molecular weight excluding hydrogens is 362 g/mol. The number of rotatable bonds is 7. The lowest BCUT2D eigenvalue weighted by molar-refractivity contribution is -0.384. The van der Waals surface area contributed by atoms with Crippen molar-refractivity contribution >= 4 is 40.7 Å². The van der Waals surface area contributed by atoms with E-state index in [1.807, 2.05) is 24.3 Å². The second kappa shape index (κ2) is 9.19. The van der Waals surface area contributed by atoms with Crippen LogP contribution in [0.1, 0.15) is 18.1 Å². The largest absolute Gasteiger partial charge is 0.272 e. The van der Waals surface area contributed by atoms with Crippen molar-refractivity contribution in [1.29, 1.82) is 0 Å². The van der Waals surface area contributed by atoms with E-state index in [1.54, 1.807) is 19.1 Å². The smallest absolute Gasteiger partial charge is 0.269 e. The Morgan fingerprint density at radius 1 is 1.24 bits per heavy atom. The number of hydrogen-bond donors (Lipinski definition) is 1. The van der Waals surface area contributed by atoms with Gasteiger partial charge in [-0.2, -0.15) is 5.10 Å². The average molecular weight is 378 g/mol. The Balaban J connectivity index is 1.82. The zero-order chi connectivity index (χ0) is 18.2. The lowest BCUT2D eigenvalue weighted by atomic mass is 10.1. The van der Waals surface area contributed by atoms with Crippen LogP contribution in [0.2, 0.25) is 5.02 Å². The molecule has 2 rings (SSSR count). The maximum absolute atomic E-state index is 11.8. The molecule has 0 aliphatic heterocycles. The molecule has 0 spiro atoms. The first-order valence-electron chi connectivity index (χ1n) is 7.36. The van der Waals surface area contributed by atoms with E-state index in [9.17, 15) is 14.9 Å². The van der Waals surface area contributed by atoms with E-state index in [-0.39, 0.29) is 17.3 Å². The Morgan fingerprint density at radius 3 is 2.56 bits per heavy atom. The van der Waals surface area contributed by atoms with Gasteiger partial charge in [-0.15, -0.1) is 11.8 Å². The van der Waals surface area contributed by atoms with Crippen LogP contribution >= 0.6 is 23.4 Å². The molecule has 2 aromatic rings. The van der Waals surface area contributed by atoms with Gasteiger partial charge in [-0.1, -0.05) is 29.8 Å². The van der Waals surface area contributed by atoms with Gasteiger partial charge in [-0.05, 0) is 36.2 Å². The lowest BCUT2D eigenvalue weighted by Gasteiger charge is -2.04. The lowest BCUT2D eigenvalue weighted by Crippen LogP contribution is -2.21. The molecule has 0 radical (unpaired) electrons. The Labute approximate surface area is 154 Å². The fourth-order valence-electron chi connectivity index (χ4n) is 1.94. The minimum absolute atomic E-state index is 0.0107. The van der Waals surface area contributed by atoms with Crippen molar-refractivity contribution in [2.45, 2.75) is 12.7 Å². The molecule has 8 heteroatoms. The number of nitrogens with zero attached hydrogens (tertiary/aromatic N) is 2. The zero-order valence-electron chi connectivity index (χ0n) is 13.4. The minimum Gasteiger partial charge on any atom is -0.272 e. The maximum atomic E-state index is 11.8. The number of thioether (sulfide) groups is 1. The molecule has 0 aliphatic carbocycles. The highest BCUT2D eigenvalue weighted by molar-refractivity contribution is 7.99. The highest BCUT2D eigenvalue weighted by atomic mass is 35.5. The van der Waals surface area contributed by atoms with Crippen molar-refractivity contribution in [2.24, 2.45) is 5.10 Å². The van der Waals surface area contributed by atoms with E-state index in [1.165, 1.54) is 23.9 Å². The monoisotopic (exact) mass is 377 g/mol. The first-order chi connectivity index (χ1) is 12.0. The number of benzene rings is 2. The molecule has 0 atom stereocenters. The molecule has 0 saturated heterocycles. The second-order valence-corrected chi connectivity index (χ2v) is 6.51. The molecule has 6 nitrogen and oxygen atoms in total. The molecule has 0 aromatic heterocycles. The first-order valence-corrected chi connectivity index (χ1v) is 8.89. The van der Waals surface area contributed by atoms with Gasteiger partial charge in [-0.3, -0.25) is 14.9 Å². The van der Waals surface area contributed by atoms with Crippen LogP contribution in [0.15, 0.2) is 53.6 Å². The van der Waals surface area contributed by atoms with Gasteiger partial charge < -0.3 is 0 Å². The van der Waals surface area contributed by atoms with Crippen molar-refractivity contribution in [3.05, 3.63) is 74.8 Å². The molecule has 0 saturated carbocycles. The number of nitro groups is 1. The average Bonchev–Trinajstić information content (AvgIpc) is 2.61. The Hall–Kier alpha value is -2.38. The van der Waals surface area contributed by atoms with Crippen LogP contribution in [0.4, 0.5) is 5.69 Å². The standard InChI is InChI=1S/C17H16ClN3O3S/c1-12(13-6-8-15(9-7-13)21(23)24)19-20-17(22)11-25-10-14-4-2-3-5-16(14)18/h2-9H,10-11H2,1H3,(H,20,22). The van der Waals surface area contributed by atoms with Crippen LogP contribution < -0.4 is 5.43 Å². The van der Waals surface area contributed by atoms with E-state index in [0.717, 1.165) is 5.56 Å². The Morgan fingerprint density at radius 2 is 1.92 bits per heavy atom. The van der Waals surface area contributed by atoms with Gasteiger partial charge in [0, 0.05) is 22.9 Å². The van der Waals surface area contributed by atoms with E-state index < -0.39 is 4.92 Å². The van der Waals surface area contributed by atoms with Gasteiger partial charge in [0.1, 0.15) is 0 Å². The number of carbonyl (C=O) groups excluding carboxylic acids is 1.